The predicted octanol–water partition coefficient (Wildman–Crippen LogP) is 1.72. The quantitative estimate of drug-likeness (QED) is 0.663. The van der Waals surface area contributed by atoms with Crippen LogP contribution >= 0.6 is 0 Å². The summed E-state index contributed by atoms with van der Waals surface area (Å²) in [4.78, 5) is 11.5. The highest BCUT2D eigenvalue weighted by atomic mass is 16.5. The average Bonchev–Trinajstić information content (AvgIpc) is 2.97. The topological polar surface area (TPSA) is 42.7 Å². The molecule has 96 valence electrons. The lowest BCUT2D eigenvalue weighted by molar-refractivity contribution is 0.122. The molecule has 0 amide bonds. The molecular weight excluding hydrogens is 240 g/mol. The number of imidazole rings is 1. The summed E-state index contributed by atoms with van der Waals surface area (Å²) >= 11 is 0. The summed E-state index contributed by atoms with van der Waals surface area (Å²) in [6, 6.07) is 8.15. The molecule has 19 heavy (non-hydrogen) atoms. The normalized spacial score (nSPS) is 16.3. The van der Waals surface area contributed by atoms with Crippen LogP contribution in [0.4, 0.5) is 5.82 Å². The van der Waals surface area contributed by atoms with Crippen LogP contribution in [0.25, 0.3) is 16.7 Å². The number of rotatable bonds is 1. The van der Waals surface area contributed by atoms with Crippen molar-refractivity contribution in [2.24, 2.45) is 0 Å². The molecule has 0 bridgehead atoms. The maximum absolute atomic E-state index is 5.41. The summed E-state index contributed by atoms with van der Waals surface area (Å²) in [5, 5.41) is 0. The maximum Gasteiger partial charge on any atom is 0.180 e. The van der Waals surface area contributed by atoms with E-state index in [9.17, 15) is 0 Å². The van der Waals surface area contributed by atoms with Crippen molar-refractivity contribution in [3.05, 3.63) is 36.7 Å². The summed E-state index contributed by atoms with van der Waals surface area (Å²) in [6.45, 7) is 3.24. The van der Waals surface area contributed by atoms with Crippen molar-refractivity contribution in [3.8, 4) is 0 Å². The number of benzene rings is 1. The van der Waals surface area contributed by atoms with Gasteiger partial charge in [-0.05, 0) is 12.1 Å². The zero-order valence-electron chi connectivity index (χ0n) is 10.5. The lowest BCUT2D eigenvalue weighted by atomic mass is 10.3. The Labute approximate surface area is 110 Å². The summed E-state index contributed by atoms with van der Waals surface area (Å²) in [7, 11) is 0. The highest BCUT2D eigenvalue weighted by Crippen LogP contribution is 2.24. The molecule has 0 saturated carbocycles. The largest absolute Gasteiger partial charge is 0.378 e. The van der Waals surface area contributed by atoms with E-state index >= 15 is 0 Å². The summed E-state index contributed by atoms with van der Waals surface area (Å²) in [5.74, 6) is 0.951. The Morgan fingerprint density at radius 2 is 1.95 bits per heavy atom. The van der Waals surface area contributed by atoms with Crippen LogP contribution in [0, 0.1) is 0 Å². The average molecular weight is 254 g/mol. The number of aromatic nitrogens is 3. The van der Waals surface area contributed by atoms with Gasteiger partial charge in [-0.1, -0.05) is 12.1 Å². The third-order valence-corrected chi connectivity index (χ3v) is 3.52. The third kappa shape index (κ3) is 1.66. The molecule has 3 aromatic rings. The molecule has 0 N–H and O–H groups in total. The van der Waals surface area contributed by atoms with Gasteiger partial charge in [-0.25, -0.2) is 9.97 Å². The number of ether oxygens (including phenoxy) is 1. The first-order chi connectivity index (χ1) is 9.43. The van der Waals surface area contributed by atoms with Gasteiger partial charge in [0.05, 0.1) is 24.2 Å². The lowest BCUT2D eigenvalue weighted by Crippen LogP contribution is -2.37. The number of nitrogens with zero attached hydrogens (tertiary/aromatic N) is 4. The number of morpholine rings is 1. The maximum atomic E-state index is 5.41. The Kier molecular flexibility index (Phi) is 2.38. The molecule has 5 nitrogen and oxygen atoms in total. The molecule has 1 saturated heterocycles. The van der Waals surface area contributed by atoms with Gasteiger partial charge >= 0.3 is 0 Å². The molecule has 1 aliphatic rings. The van der Waals surface area contributed by atoms with Crippen molar-refractivity contribution in [2.75, 3.05) is 31.2 Å². The minimum absolute atomic E-state index is 0.751. The Balaban J connectivity index is 1.99. The van der Waals surface area contributed by atoms with Gasteiger partial charge in [0.25, 0.3) is 0 Å². The Hall–Kier alpha value is -2.14. The Bertz CT molecular complexity index is 730. The molecule has 0 unspecified atom stereocenters. The Morgan fingerprint density at radius 3 is 2.84 bits per heavy atom. The monoisotopic (exact) mass is 254 g/mol. The zero-order chi connectivity index (χ0) is 12.7. The smallest absolute Gasteiger partial charge is 0.180 e. The van der Waals surface area contributed by atoms with Crippen molar-refractivity contribution in [3.63, 3.8) is 0 Å². The van der Waals surface area contributed by atoms with Gasteiger partial charge in [-0.15, -0.1) is 0 Å². The molecule has 3 heterocycles. The van der Waals surface area contributed by atoms with E-state index in [1.165, 1.54) is 0 Å². The molecule has 0 aliphatic carbocycles. The number of hydrogen-bond acceptors (Lipinski definition) is 4. The van der Waals surface area contributed by atoms with Crippen molar-refractivity contribution in [1.82, 2.24) is 14.4 Å². The molecule has 0 radical (unpaired) electrons. The third-order valence-electron chi connectivity index (χ3n) is 3.52. The highest BCUT2D eigenvalue weighted by Gasteiger charge is 2.17. The van der Waals surface area contributed by atoms with Crippen LogP contribution < -0.4 is 4.90 Å². The van der Waals surface area contributed by atoms with Crippen molar-refractivity contribution >= 4 is 22.5 Å². The van der Waals surface area contributed by atoms with Gasteiger partial charge in [-0.2, -0.15) is 0 Å². The van der Waals surface area contributed by atoms with Gasteiger partial charge in [0.15, 0.2) is 11.5 Å². The van der Waals surface area contributed by atoms with Gasteiger partial charge < -0.3 is 9.64 Å². The molecule has 2 aromatic heterocycles. The fourth-order valence-corrected chi connectivity index (χ4v) is 2.58. The molecule has 1 aliphatic heterocycles. The number of para-hydroxylation sites is 2. The SMILES string of the molecule is c1ccc2c(c1)nc(N1CCOCC1)c1nccn12. The molecule has 0 spiro atoms. The van der Waals surface area contributed by atoms with Crippen LogP contribution in [0.3, 0.4) is 0 Å². The molecule has 1 aromatic carbocycles. The first-order valence-corrected chi connectivity index (χ1v) is 6.48. The van der Waals surface area contributed by atoms with Crippen molar-refractivity contribution in [1.29, 1.82) is 0 Å². The van der Waals surface area contributed by atoms with E-state index in [4.69, 9.17) is 9.72 Å². The summed E-state index contributed by atoms with van der Waals surface area (Å²) in [6.07, 6.45) is 3.82. The van der Waals surface area contributed by atoms with Crippen molar-refractivity contribution in [2.45, 2.75) is 0 Å². The standard InChI is InChI=1S/C14H14N4O/c1-2-4-12-11(3-1)16-14(13-15-5-6-18(12)13)17-7-9-19-10-8-17/h1-6H,7-10H2. The summed E-state index contributed by atoms with van der Waals surface area (Å²) in [5.41, 5.74) is 3.00. The van der Waals surface area contributed by atoms with Gasteiger partial charge in [-0.3, -0.25) is 4.40 Å². The number of hydrogen-bond donors (Lipinski definition) is 0. The molecular formula is C14H14N4O. The van der Waals surface area contributed by atoms with E-state index in [1.54, 1.807) is 0 Å². The highest BCUT2D eigenvalue weighted by molar-refractivity contribution is 5.83. The number of fused-ring (bicyclic) bond motifs is 3. The number of anilines is 1. The van der Waals surface area contributed by atoms with E-state index in [0.29, 0.717) is 0 Å². The first kappa shape index (κ1) is 10.8. The minimum Gasteiger partial charge on any atom is -0.378 e. The van der Waals surface area contributed by atoms with Crippen LogP contribution in [0.2, 0.25) is 0 Å². The van der Waals surface area contributed by atoms with E-state index in [0.717, 1.165) is 48.8 Å². The second kappa shape index (κ2) is 4.20. The van der Waals surface area contributed by atoms with Crippen molar-refractivity contribution < 1.29 is 4.74 Å². The molecule has 4 rings (SSSR count). The summed E-state index contributed by atoms with van der Waals surface area (Å²) < 4.78 is 7.51. The zero-order valence-corrected chi connectivity index (χ0v) is 10.5. The van der Waals surface area contributed by atoms with E-state index in [1.807, 2.05) is 30.6 Å². The van der Waals surface area contributed by atoms with Crippen LogP contribution in [-0.4, -0.2) is 40.7 Å². The minimum atomic E-state index is 0.751. The second-order valence-electron chi connectivity index (χ2n) is 4.64. The molecule has 5 heteroatoms. The second-order valence-corrected chi connectivity index (χ2v) is 4.64. The van der Waals surface area contributed by atoms with Crippen LogP contribution in [0.1, 0.15) is 0 Å². The van der Waals surface area contributed by atoms with Crippen LogP contribution in [0.15, 0.2) is 36.7 Å². The lowest BCUT2D eigenvalue weighted by Gasteiger charge is -2.28. The fraction of sp³-hybridized carbons (Fsp3) is 0.286. The van der Waals surface area contributed by atoms with Gasteiger partial charge in [0, 0.05) is 25.5 Å². The van der Waals surface area contributed by atoms with Gasteiger partial charge in [0.2, 0.25) is 0 Å². The predicted molar refractivity (Wildman–Crippen MR) is 73.5 cm³/mol. The van der Waals surface area contributed by atoms with Crippen LogP contribution in [0.5, 0.6) is 0 Å². The molecule has 0 atom stereocenters. The van der Waals surface area contributed by atoms with E-state index in [-0.39, 0.29) is 0 Å². The Morgan fingerprint density at radius 1 is 1.11 bits per heavy atom. The van der Waals surface area contributed by atoms with E-state index < -0.39 is 0 Å². The molecule has 1 fully saturated rings. The van der Waals surface area contributed by atoms with Gasteiger partial charge in [0.1, 0.15) is 0 Å². The van der Waals surface area contributed by atoms with E-state index in [2.05, 4.69) is 20.4 Å². The van der Waals surface area contributed by atoms with Crippen LogP contribution in [-0.2, 0) is 4.74 Å². The fourth-order valence-electron chi connectivity index (χ4n) is 2.58. The first-order valence-electron chi connectivity index (χ1n) is 6.48.